The number of amides is 2. The highest BCUT2D eigenvalue weighted by atomic mass is 19.4. The van der Waals surface area contributed by atoms with Crippen molar-refractivity contribution < 1.29 is 46.6 Å². The fraction of sp³-hybridized carbons (Fsp3) is 0.656. The Kier molecular flexibility index (Phi) is 12.6. The third-order valence-electron chi connectivity index (χ3n) is 6.78. The van der Waals surface area contributed by atoms with Crippen molar-refractivity contribution in [3.63, 3.8) is 0 Å². The maximum absolute atomic E-state index is 14.0. The van der Waals surface area contributed by atoms with Gasteiger partial charge in [-0.05, 0) is 66.2 Å². The van der Waals surface area contributed by atoms with Crippen LogP contribution >= 0.6 is 0 Å². The third-order valence-corrected chi connectivity index (χ3v) is 6.78. The predicted molar refractivity (Wildman–Crippen MR) is 167 cm³/mol. The lowest BCUT2D eigenvalue weighted by Crippen LogP contribution is -2.46. The Hall–Kier alpha value is -3.88. The number of aliphatic imine (C=N–C) groups is 1. The van der Waals surface area contributed by atoms with Gasteiger partial charge >= 0.3 is 18.4 Å². The number of aliphatic hydroxyl groups excluding tert-OH is 1. The molecule has 0 spiro atoms. The number of benzene rings is 1. The lowest BCUT2D eigenvalue weighted by atomic mass is 10.1. The van der Waals surface area contributed by atoms with Gasteiger partial charge in [-0.15, -0.1) is 4.99 Å². The Morgan fingerprint density at radius 2 is 1.70 bits per heavy atom. The number of alkyl carbamates (subject to hydrolysis) is 1. The summed E-state index contributed by atoms with van der Waals surface area (Å²) in [5.41, 5.74) is -2.72. The van der Waals surface area contributed by atoms with Crippen LogP contribution < -0.4 is 10.1 Å². The van der Waals surface area contributed by atoms with Crippen molar-refractivity contribution in [1.82, 2.24) is 20.4 Å². The standard InChI is InChI=1S/C32H46F3N5O7/c1-8-9-10-11-12-13-16-44-24-15-14-20(17-22(24)32(33,34)35)25-36-26(47-39-25)23-18-21(41)19-40(23)27(37-28(42)45-30(2,3)4)38-29(43)46-31(5,6)7/h14-15,17,21,23,41H,8-13,16,18-19H2,1-7H3,(H,37,38,42,43)/t21-,23-/m0/s1. The summed E-state index contributed by atoms with van der Waals surface area (Å²) in [6.45, 7) is 12.0. The number of aliphatic hydroxyl groups is 1. The molecule has 0 saturated carbocycles. The van der Waals surface area contributed by atoms with Gasteiger partial charge in [0.2, 0.25) is 17.7 Å². The number of β-amino-alcohol motifs (C(OH)–C–C–N with tert-alkyl or cyclic N) is 1. The minimum atomic E-state index is -4.70. The number of unbranched alkanes of at least 4 members (excludes halogenated alkanes) is 5. The van der Waals surface area contributed by atoms with Gasteiger partial charge in [-0.25, -0.2) is 9.59 Å². The molecule has 1 saturated heterocycles. The number of hydrogen-bond donors (Lipinski definition) is 2. The van der Waals surface area contributed by atoms with E-state index in [9.17, 15) is 27.9 Å². The molecule has 1 aliphatic heterocycles. The average molecular weight is 670 g/mol. The lowest BCUT2D eigenvalue weighted by Gasteiger charge is -2.27. The lowest BCUT2D eigenvalue weighted by molar-refractivity contribution is -0.138. The number of aromatic nitrogens is 2. The Balaban J connectivity index is 1.86. The van der Waals surface area contributed by atoms with Gasteiger partial charge in [0.1, 0.15) is 23.0 Å². The van der Waals surface area contributed by atoms with E-state index >= 15 is 0 Å². The van der Waals surface area contributed by atoms with Gasteiger partial charge in [-0.1, -0.05) is 44.2 Å². The number of hydrogen-bond acceptors (Lipinski definition) is 9. The number of halogens is 3. The molecule has 12 nitrogen and oxygen atoms in total. The van der Waals surface area contributed by atoms with Crippen LogP contribution in [0.2, 0.25) is 0 Å². The summed E-state index contributed by atoms with van der Waals surface area (Å²) in [4.78, 5) is 34.9. The maximum Gasteiger partial charge on any atom is 0.437 e. The first kappa shape index (κ1) is 37.6. The second kappa shape index (κ2) is 15.8. The number of guanidine groups is 1. The van der Waals surface area contributed by atoms with Crippen LogP contribution in [-0.4, -0.2) is 68.8 Å². The van der Waals surface area contributed by atoms with Crippen molar-refractivity contribution in [1.29, 1.82) is 0 Å². The van der Waals surface area contributed by atoms with Crippen LogP contribution in [0.4, 0.5) is 22.8 Å². The zero-order valence-electron chi connectivity index (χ0n) is 28.1. The van der Waals surface area contributed by atoms with Crippen molar-refractivity contribution >= 4 is 18.1 Å². The molecule has 2 amide bonds. The molecule has 2 N–H and O–H groups in total. The number of rotatable bonds is 10. The number of ether oxygens (including phenoxy) is 3. The highest BCUT2D eigenvalue weighted by Gasteiger charge is 2.40. The maximum atomic E-state index is 14.0. The first-order chi connectivity index (χ1) is 21.9. The Morgan fingerprint density at radius 1 is 1.04 bits per heavy atom. The number of carbonyl (C=O) groups excluding carboxylic acids is 2. The SMILES string of the molecule is CCCCCCCCOc1ccc(-c2noc([C@@H]3C[C@H](O)CN3/C(=N/C(=O)OC(C)(C)C)NC(=O)OC(C)(C)C)n2)cc1C(F)(F)F. The monoisotopic (exact) mass is 669 g/mol. The number of likely N-dealkylation sites (tertiary alicyclic amines) is 1. The van der Waals surface area contributed by atoms with Crippen LogP contribution in [0.5, 0.6) is 5.75 Å². The van der Waals surface area contributed by atoms with Crippen LogP contribution in [0.3, 0.4) is 0 Å². The predicted octanol–water partition coefficient (Wildman–Crippen LogP) is 7.42. The molecule has 1 fully saturated rings. The highest BCUT2D eigenvalue weighted by Crippen LogP contribution is 2.39. The molecule has 0 unspecified atom stereocenters. The zero-order chi connectivity index (χ0) is 35.0. The molecule has 1 aromatic carbocycles. The van der Waals surface area contributed by atoms with Gasteiger partial charge in [0.25, 0.3) is 0 Å². The van der Waals surface area contributed by atoms with Gasteiger partial charge in [0.15, 0.2) is 0 Å². The van der Waals surface area contributed by atoms with Crippen molar-refractivity contribution in [3.05, 3.63) is 29.7 Å². The molecule has 2 heterocycles. The molecule has 1 aromatic heterocycles. The van der Waals surface area contributed by atoms with Gasteiger partial charge in [0, 0.05) is 18.5 Å². The molecule has 2 atom stereocenters. The Morgan fingerprint density at radius 3 is 2.34 bits per heavy atom. The third kappa shape index (κ3) is 12.0. The second-order valence-corrected chi connectivity index (χ2v) is 13.4. The van der Waals surface area contributed by atoms with E-state index < -0.39 is 47.3 Å². The molecule has 3 rings (SSSR count). The summed E-state index contributed by atoms with van der Waals surface area (Å²) < 4.78 is 63.6. The Bertz CT molecular complexity index is 1380. The van der Waals surface area contributed by atoms with Crippen LogP contribution in [-0.2, 0) is 15.7 Å². The van der Waals surface area contributed by atoms with E-state index in [1.54, 1.807) is 41.5 Å². The van der Waals surface area contributed by atoms with Crippen molar-refractivity contribution in [2.75, 3.05) is 13.2 Å². The van der Waals surface area contributed by atoms with E-state index in [1.807, 2.05) is 0 Å². The van der Waals surface area contributed by atoms with E-state index in [0.29, 0.717) is 6.42 Å². The molecule has 1 aliphatic rings. The molecule has 0 aliphatic carbocycles. The van der Waals surface area contributed by atoms with E-state index in [0.717, 1.165) is 38.2 Å². The summed E-state index contributed by atoms with van der Waals surface area (Å²) in [5.74, 6) is -0.822. The number of carbonyl (C=O) groups is 2. The van der Waals surface area contributed by atoms with Gasteiger partial charge < -0.3 is 28.7 Å². The minimum Gasteiger partial charge on any atom is -0.493 e. The van der Waals surface area contributed by atoms with Gasteiger partial charge in [-0.3, -0.25) is 5.32 Å². The van der Waals surface area contributed by atoms with Crippen LogP contribution in [0, 0.1) is 0 Å². The molecule has 0 radical (unpaired) electrons. The molecule has 262 valence electrons. The summed E-state index contributed by atoms with van der Waals surface area (Å²) in [5, 5.41) is 16.9. The number of alkyl halides is 3. The van der Waals surface area contributed by atoms with Crippen molar-refractivity contribution in [3.8, 4) is 17.1 Å². The van der Waals surface area contributed by atoms with Crippen LogP contribution in [0.25, 0.3) is 11.4 Å². The topological polar surface area (TPSA) is 149 Å². The quantitative estimate of drug-likeness (QED) is 0.149. The molecule has 15 heteroatoms. The van der Waals surface area contributed by atoms with Gasteiger partial charge in [0.05, 0.1) is 18.3 Å². The Labute approximate surface area is 273 Å². The van der Waals surface area contributed by atoms with Crippen molar-refractivity contribution in [2.24, 2.45) is 4.99 Å². The fourth-order valence-electron chi connectivity index (χ4n) is 4.78. The summed E-state index contributed by atoms with van der Waals surface area (Å²) in [6, 6.07) is 2.62. The zero-order valence-corrected chi connectivity index (χ0v) is 28.1. The van der Waals surface area contributed by atoms with E-state index in [1.165, 1.54) is 17.0 Å². The summed E-state index contributed by atoms with van der Waals surface area (Å²) in [7, 11) is 0. The highest BCUT2D eigenvalue weighted by molar-refractivity contribution is 5.99. The van der Waals surface area contributed by atoms with Gasteiger partial charge in [-0.2, -0.15) is 18.2 Å². The van der Waals surface area contributed by atoms with Crippen molar-refractivity contribution in [2.45, 2.75) is 123 Å². The largest absolute Gasteiger partial charge is 0.493 e. The number of nitrogens with zero attached hydrogens (tertiary/aromatic N) is 4. The minimum absolute atomic E-state index is 0.0179. The molecular formula is C32H46F3N5O7. The second-order valence-electron chi connectivity index (χ2n) is 13.4. The fourth-order valence-corrected chi connectivity index (χ4v) is 4.78. The van der Waals surface area contributed by atoms with E-state index in [2.05, 4.69) is 27.4 Å². The molecule has 2 aromatic rings. The summed E-state index contributed by atoms with van der Waals surface area (Å²) in [6.07, 6.45) is -1.77. The van der Waals surface area contributed by atoms with E-state index in [-0.39, 0.29) is 48.6 Å². The molecule has 47 heavy (non-hydrogen) atoms. The molecular weight excluding hydrogens is 623 g/mol. The molecule has 0 bridgehead atoms. The average Bonchev–Trinajstić information content (AvgIpc) is 3.56. The summed E-state index contributed by atoms with van der Waals surface area (Å²) >= 11 is 0. The number of nitrogens with one attached hydrogen (secondary N) is 1. The first-order valence-electron chi connectivity index (χ1n) is 15.8. The first-order valence-corrected chi connectivity index (χ1v) is 15.8. The van der Waals surface area contributed by atoms with E-state index in [4.69, 9.17) is 18.7 Å². The van der Waals surface area contributed by atoms with Crippen LogP contribution in [0.15, 0.2) is 27.7 Å². The smallest absolute Gasteiger partial charge is 0.437 e. The van der Waals surface area contributed by atoms with Crippen LogP contribution in [0.1, 0.15) is 111 Å². The normalized spacial score (nSPS) is 17.5.